The molecule has 0 atom stereocenters. The maximum Gasteiger partial charge on any atom is 0.164 e. The van der Waals surface area contributed by atoms with Crippen LogP contribution in [-0.4, -0.2) is 15.0 Å². The summed E-state index contributed by atoms with van der Waals surface area (Å²) in [6.45, 7) is 4.66. The van der Waals surface area contributed by atoms with Crippen molar-refractivity contribution in [2.24, 2.45) is 0 Å². The minimum atomic E-state index is -0.0770. The fourth-order valence-corrected chi connectivity index (χ4v) is 10.2. The van der Waals surface area contributed by atoms with Gasteiger partial charge in [-0.15, -0.1) is 11.3 Å². The Labute approximate surface area is 348 Å². The second-order valence-corrected chi connectivity index (χ2v) is 17.1. The molecule has 0 saturated carbocycles. The molecule has 0 aliphatic heterocycles. The third kappa shape index (κ3) is 6.07. The van der Waals surface area contributed by atoms with Crippen molar-refractivity contribution in [3.05, 3.63) is 209 Å². The van der Waals surface area contributed by atoms with Crippen molar-refractivity contribution in [2.45, 2.75) is 25.7 Å². The first-order valence-corrected chi connectivity index (χ1v) is 21.1. The smallest absolute Gasteiger partial charge is 0.164 e. The molecule has 0 spiro atoms. The third-order valence-corrected chi connectivity index (χ3v) is 13.2. The molecular weight excluding hydrogens is 735 g/mol. The standard InChI is InChI=1S/C55H39N3S/c1-55(2)46-28-10-9-25-43(46)50-42(26-14-29-47(50)55)40-23-12-24-41(33-40)53-56-52(36-18-7-4-8-19-36)57-54(58-53)44-27-15-31-49-51(44)45-34-39(22-13-30-48(45)59-49)38-21-11-20-37(32-38)35-16-5-3-6-17-35/h3-29,31-34H,30H2,1-2H3. The molecule has 7 aromatic carbocycles. The summed E-state index contributed by atoms with van der Waals surface area (Å²) in [6, 6.07) is 60.6. The normalized spacial score (nSPS) is 13.7. The minimum Gasteiger partial charge on any atom is -0.208 e. The summed E-state index contributed by atoms with van der Waals surface area (Å²) in [5, 5.41) is 1.18. The van der Waals surface area contributed by atoms with Gasteiger partial charge in [-0.2, -0.15) is 0 Å². The van der Waals surface area contributed by atoms with E-state index in [9.17, 15) is 0 Å². The molecule has 2 heterocycles. The molecule has 9 aromatic rings. The Morgan fingerprint density at radius 3 is 1.88 bits per heavy atom. The first-order chi connectivity index (χ1) is 29.0. The van der Waals surface area contributed by atoms with Gasteiger partial charge in [0, 0.05) is 43.5 Å². The van der Waals surface area contributed by atoms with E-state index in [1.54, 1.807) is 0 Å². The Morgan fingerprint density at radius 2 is 1.05 bits per heavy atom. The van der Waals surface area contributed by atoms with Crippen molar-refractivity contribution >= 4 is 33.1 Å². The van der Waals surface area contributed by atoms with Gasteiger partial charge in [-0.25, -0.2) is 15.0 Å². The van der Waals surface area contributed by atoms with E-state index in [-0.39, 0.29) is 5.41 Å². The zero-order valence-corrected chi connectivity index (χ0v) is 33.7. The number of hydrogen-bond acceptors (Lipinski definition) is 4. The van der Waals surface area contributed by atoms with E-state index in [1.807, 2.05) is 29.5 Å². The first-order valence-electron chi connectivity index (χ1n) is 20.2. The van der Waals surface area contributed by atoms with Crippen LogP contribution in [0.4, 0.5) is 0 Å². The Balaban J connectivity index is 1.06. The summed E-state index contributed by atoms with van der Waals surface area (Å²) in [7, 11) is 0. The maximum atomic E-state index is 5.34. The highest BCUT2D eigenvalue weighted by molar-refractivity contribution is 7.19. The Kier molecular flexibility index (Phi) is 8.42. The Bertz CT molecular complexity index is 3150. The number of thiophene rings is 1. The first kappa shape index (κ1) is 35.2. The van der Waals surface area contributed by atoms with Gasteiger partial charge in [0.25, 0.3) is 0 Å². The van der Waals surface area contributed by atoms with Gasteiger partial charge < -0.3 is 0 Å². The summed E-state index contributed by atoms with van der Waals surface area (Å²) < 4.78 is 1.22. The predicted octanol–water partition coefficient (Wildman–Crippen LogP) is 14.4. The Hall–Kier alpha value is -7.01. The summed E-state index contributed by atoms with van der Waals surface area (Å²) in [4.78, 5) is 17.1. The zero-order chi connectivity index (χ0) is 39.5. The van der Waals surface area contributed by atoms with Crippen molar-refractivity contribution in [1.29, 1.82) is 0 Å². The van der Waals surface area contributed by atoms with E-state index in [0.717, 1.165) is 28.7 Å². The quantitative estimate of drug-likeness (QED) is 0.169. The molecule has 3 nitrogen and oxygen atoms in total. The molecule has 0 saturated heterocycles. The number of allylic oxidation sites excluding steroid dienone is 3. The lowest BCUT2D eigenvalue weighted by atomic mass is 9.82. The van der Waals surface area contributed by atoms with Crippen LogP contribution in [0.25, 0.3) is 89.3 Å². The molecule has 0 radical (unpaired) electrons. The van der Waals surface area contributed by atoms with Crippen molar-refractivity contribution in [3.63, 3.8) is 0 Å². The topological polar surface area (TPSA) is 38.7 Å². The zero-order valence-electron chi connectivity index (χ0n) is 32.9. The van der Waals surface area contributed by atoms with Crippen LogP contribution in [-0.2, 0) is 11.8 Å². The number of rotatable bonds is 6. The summed E-state index contributed by atoms with van der Waals surface area (Å²) in [6.07, 6.45) is 7.80. The van der Waals surface area contributed by atoms with Gasteiger partial charge in [-0.3, -0.25) is 0 Å². The van der Waals surface area contributed by atoms with Crippen molar-refractivity contribution in [2.75, 3.05) is 0 Å². The predicted molar refractivity (Wildman–Crippen MR) is 247 cm³/mol. The van der Waals surface area contributed by atoms with Crippen LogP contribution in [0.3, 0.4) is 0 Å². The second kappa shape index (κ2) is 14.1. The monoisotopic (exact) mass is 773 g/mol. The highest BCUT2D eigenvalue weighted by Gasteiger charge is 2.36. The van der Waals surface area contributed by atoms with Crippen LogP contribution in [0.15, 0.2) is 182 Å². The fourth-order valence-electron chi connectivity index (χ4n) is 9.06. The lowest BCUT2D eigenvalue weighted by molar-refractivity contribution is 0.660. The number of fused-ring (bicyclic) bond motifs is 6. The molecule has 2 aliphatic rings. The second-order valence-electron chi connectivity index (χ2n) is 15.9. The van der Waals surface area contributed by atoms with Gasteiger partial charge in [0.2, 0.25) is 0 Å². The number of benzene rings is 7. The van der Waals surface area contributed by atoms with Crippen molar-refractivity contribution in [3.8, 4) is 67.5 Å². The molecule has 280 valence electrons. The summed E-state index contributed by atoms with van der Waals surface area (Å²) in [5.74, 6) is 1.97. The van der Waals surface area contributed by atoms with Crippen molar-refractivity contribution in [1.82, 2.24) is 15.0 Å². The van der Waals surface area contributed by atoms with E-state index < -0.39 is 0 Å². The van der Waals surface area contributed by atoms with Gasteiger partial charge in [0.15, 0.2) is 17.5 Å². The highest BCUT2D eigenvalue weighted by atomic mass is 32.1. The molecular formula is C55H39N3S. The summed E-state index contributed by atoms with van der Waals surface area (Å²) in [5.41, 5.74) is 16.6. The van der Waals surface area contributed by atoms with Gasteiger partial charge in [-0.05, 0) is 85.5 Å². The highest BCUT2D eigenvalue weighted by Crippen LogP contribution is 2.52. The van der Waals surface area contributed by atoms with E-state index in [4.69, 9.17) is 15.0 Å². The van der Waals surface area contributed by atoms with Gasteiger partial charge in [0.1, 0.15) is 0 Å². The van der Waals surface area contributed by atoms with Crippen LogP contribution in [0, 0.1) is 0 Å². The molecule has 0 unspecified atom stereocenters. The van der Waals surface area contributed by atoms with Crippen LogP contribution in [0.1, 0.15) is 41.0 Å². The maximum absolute atomic E-state index is 5.34. The summed E-state index contributed by atoms with van der Waals surface area (Å²) >= 11 is 1.86. The number of aromatic nitrogens is 3. The SMILES string of the molecule is CC1(C)c2ccccc2-c2c(-c3cccc(-c4nc(-c5ccccc5)nc(-c5cccc6sc7c(c56)C=C(c5cccc(-c6ccccc6)c5)C=CC7)n4)c3)cccc21. The lowest BCUT2D eigenvalue weighted by Crippen LogP contribution is -2.14. The van der Waals surface area contributed by atoms with Crippen LogP contribution in [0.2, 0.25) is 0 Å². The fraction of sp³-hybridized carbons (Fsp3) is 0.0727. The largest absolute Gasteiger partial charge is 0.208 e. The lowest BCUT2D eigenvalue weighted by Gasteiger charge is -2.21. The molecule has 0 fully saturated rings. The molecule has 2 aliphatic carbocycles. The molecule has 2 aromatic heterocycles. The molecule has 0 N–H and O–H groups in total. The van der Waals surface area contributed by atoms with Crippen LogP contribution < -0.4 is 0 Å². The molecule has 0 amide bonds. The third-order valence-electron chi connectivity index (χ3n) is 12.0. The van der Waals surface area contributed by atoms with Crippen LogP contribution in [0.5, 0.6) is 0 Å². The molecule has 0 bridgehead atoms. The van der Waals surface area contributed by atoms with E-state index in [0.29, 0.717) is 17.5 Å². The van der Waals surface area contributed by atoms with Gasteiger partial charge >= 0.3 is 0 Å². The molecule has 59 heavy (non-hydrogen) atoms. The van der Waals surface area contributed by atoms with E-state index >= 15 is 0 Å². The van der Waals surface area contributed by atoms with Gasteiger partial charge in [-0.1, -0.05) is 178 Å². The minimum absolute atomic E-state index is 0.0770. The van der Waals surface area contributed by atoms with Crippen molar-refractivity contribution < 1.29 is 0 Å². The van der Waals surface area contributed by atoms with Gasteiger partial charge in [0.05, 0.1) is 0 Å². The average molecular weight is 774 g/mol. The van der Waals surface area contributed by atoms with E-state index in [2.05, 4.69) is 184 Å². The number of nitrogens with zero attached hydrogens (tertiary/aromatic N) is 3. The molecule has 4 heteroatoms. The average Bonchev–Trinajstić information content (AvgIpc) is 3.66. The van der Waals surface area contributed by atoms with Crippen LogP contribution >= 0.6 is 11.3 Å². The van der Waals surface area contributed by atoms with E-state index in [1.165, 1.54) is 70.6 Å². The Morgan fingerprint density at radius 1 is 0.475 bits per heavy atom. The number of hydrogen-bond donors (Lipinski definition) is 0. The molecule has 11 rings (SSSR count).